The minimum atomic E-state index is -0.721. The number of ether oxygens (including phenoxy) is 1. The van der Waals surface area contributed by atoms with Crippen molar-refractivity contribution in [1.82, 2.24) is 20.2 Å². The molecular weight excluding hydrogens is 593 g/mol. The maximum absolute atomic E-state index is 13.0. The summed E-state index contributed by atoms with van der Waals surface area (Å²) < 4.78 is 6.36. The van der Waals surface area contributed by atoms with Gasteiger partial charge in [0.1, 0.15) is 5.82 Å². The van der Waals surface area contributed by atoms with E-state index in [0.29, 0.717) is 36.0 Å². The van der Waals surface area contributed by atoms with Crippen molar-refractivity contribution in [3.63, 3.8) is 0 Å². The second-order valence-electron chi connectivity index (χ2n) is 11.2. The van der Waals surface area contributed by atoms with E-state index >= 15 is 0 Å². The number of nitrogens with one attached hydrogen (secondary N) is 3. The number of carbonyl (C=O) groups is 2. The summed E-state index contributed by atoms with van der Waals surface area (Å²) >= 11 is -0.721. The fourth-order valence-electron chi connectivity index (χ4n) is 5.78. The second kappa shape index (κ2) is 12.8. The second-order valence-corrected chi connectivity index (χ2v) is 16.8. The first kappa shape index (κ1) is 28.6. The van der Waals surface area contributed by atoms with Crippen molar-refractivity contribution in [3.8, 4) is 11.4 Å². The molecule has 0 aliphatic carbocycles. The van der Waals surface area contributed by atoms with Gasteiger partial charge < -0.3 is 15.0 Å². The number of benzene rings is 2. The number of nitrogens with zero attached hydrogens (tertiary/aromatic N) is 4. The van der Waals surface area contributed by atoms with Crippen LogP contribution in [-0.4, -0.2) is 80.9 Å². The van der Waals surface area contributed by atoms with E-state index in [9.17, 15) is 9.59 Å². The summed E-state index contributed by atoms with van der Waals surface area (Å²) in [7, 11) is 0. The molecule has 0 saturated carbocycles. The van der Waals surface area contributed by atoms with Crippen LogP contribution in [0, 0.1) is 0 Å². The van der Waals surface area contributed by atoms with Gasteiger partial charge >= 0.3 is 129 Å². The molecule has 0 bridgehead atoms. The number of piperidine rings is 1. The normalized spacial score (nSPS) is 17.3. The topological polar surface area (TPSA) is 112 Å². The summed E-state index contributed by atoms with van der Waals surface area (Å²) in [4.78, 5) is 39.7. The first-order valence-corrected chi connectivity index (χ1v) is 19.5. The third-order valence-corrected chi connectivity index (χ3v) is 12.4. The van der Waals surface area contributed by atoms with E-state index in [4.69, 9.17) is 14.7 Å². The van der Waals surface area contributed by atoms with Crippen LogP contribution in [0.3, 0.4) is 0 Å². The summed E-state index contributed by atoms with van der Waals surface area (Å²) in [5.74, 6) is 1.72. The number of aromatic nitrogens is 2. The Balaban J connectivity index is 1.06. The van der Waals surface area contributed by atoms with Crippen LogP contribution in [-0.2, 0) is 17.8 Å². The Morgan fingerprint density at radius 1 is 0.881 bits per heavy atom. The zero-order valence-electron chi connectivity index (χ0n) is 24.2. The van der Waals surface area contributed by atoms with E-state index in [1.165, 1.54) is 5.56 Å². The van der Waals surface area contributed by atoms with Gasteiger partial charge in [0, 0.05) is 43.0 Å². The monoisotopic (exact) mass is 631 g/mol. The van der Waals surface area contributed by atoms with Crippen molar-refractivity contribution in [2.75, 3.05) is 54.9 Å². The van der Waals surface area contributed by atoms with Crippen LogP contribution in [0.25, 0.3) is 11.4 Å². The number of hydrogen-bond donors (Lipinski definition) is 3. The van der Waals surface area contributed by atoms with Crippen molar-refractivity contribution in [2.24, 2.45) is 0 Å². The number of anilines is 3. The number of hydrogen-bond acceptors (Lipinski definition) is 7. The van der Waals surface area contributed by atoms with Gasteiger partial charge in [-0.2, -0.15) is 0 Å². The molecule has 2 saturated heterocycles. The van der Waals surface area contributed by atoms with Crippen molar-refractivity contribution in [2.45, 2.75) is 42.1 Å². The first-order valence-electron chi connectivity index (χ1n) is 14.6. The Morgan fingerprint density at radius 2 is 1.52 bits per heavy atom. The van der Waals surface area contributed by atoms with E-state index in [-0.39, 0.29) is 11.9 Å². The van der Waals surface area contributed by atoms with Gasteiger partial charge in [0.05, 0.1) is 18.9 Å². The Hall–Kier alpha value is -3.46. The molecule has 4 heterocycles. The van der Waals surface area contributed by atoms with Gasteiger partial charge in [-0.3, -0.25) is 0 Å². The first-order chi connectivity index (χ1) is 20.4. The molecule has 0 radical (unpaired) electrons. The summed E-state index contributed by atoms with van der Waals surface area (Å²) in [6.45, 7) is 6.21. The molecule has 6 rings (SSSR count). The van der Waals surface area contributed by atoms with Crippen LogP contribution >= 0.6 is 0 Å². The fourth-order valence-corrected chi connectivity index (χ4v) is 8.43. The molecule has 42 heavy (non-hydrogen) atoms. The number of likely N-dealkylation sites (tertiary alicyclic amines) is 1. The third kappa shape index (κ3) is 6.46. The summed E-state index contributed by atoms with van der Waals surface area (Å²) in [6, 6.07) is 14.3. The quantitative estimate of drug-likeness (QED) is 0.342. The standard InChI is InChI=1S/C31H38AsN7O3/c1-32(2)23-11-13-39(14-12-23)30(40)22-5-9-25(10-6-22)35-31(41)34-24-7-3-21(4-8-24)28-36-27-20-33-19-26(27)29(37-28)38-15-17-42-18-16-38/h3-10,23,33H,11-20H2,1-2H3,(H2,34,35,41). The van der Waals surface area contributed by atoms with Crippen molar-refractivity contribution in [3.05, 3.63) is 65.4 Å². The van der Waals surface area contributed by atoms with Gasteiger partial charge in [-0.05, 0) is 24.3 Å². The molecular formula is C31H38AsN7O3. The van der Waals surface area contributed by atoms with Crippen LogP contribution in [0.5, 0.6) is 0 Å². The van der Waals surface area contributed by atoms with E-state index in [1.54, 1.807) is 24.3 Å². The molecule has 0 unspecified atom stereocenters. The maximum atomic E-state index is 13.0. The summed E-state index contributed by atoms with van der Waals surface area (Å²) in [6.07, 6.45) is 2.24. The predicted octanol–water partition coefficient (Wildman–Crippen LogP) is 4.59. The Bertz CT molecular complexity index is 1420. The van der Waals surface area contributed by atoms with Gasteiger partial charge in [-0.15, -0.1) is 0 Å². The van der Waals surface area contributed by atoms with Gasteiger partial charge in [-0.1, -0.05) is 0 Å². The molecule has 2 fully saturated rings. The molecule has 3 aliphatic rings. The van der Waals surface area contributed by atoms with Crippen molar-refractivity contribution in [1.29, 1.82) is 0 Å². The average Bonchev–Trinajstić information content (AvgIpc) is 3.50. The third-order valence-electron chi connectivity index (χ3n) is 8.25. The number of rotatable bonds is 6. The summed E-state index contributed by atoms with van der Waals surface area (Å²) in [5, 5.41) is 9.13. The molecule has 0 atom stereocenters. The number of amides is 3. The number of morpholine rings is 1. The van der Waals surface area contributed by atoms with Crippen LogP contribution in [0.15, 0.2) is 48.5 Å². The van der Waals surface area contributed by atoms with Gasteiger partial charge in [0.15, 0.2) is 5.82 Å². The Kier molecular flexibility index (Phi) is 8.74. The molecule has 1 aromatic heterocycles. The number of urea groups is 1. The van der Waals surface area contributed by atoms with E-state index in [1.807, 2.05) is 29.2 Å². The minimum absolute atomic E-state index is 0.0662. The Morgan fingerprint density at radius 3 is 2.17 bits per heavy atom. The molecule has 2 aromatic carbocycles. The Labute approximate surface area is 251 Å². The van der Waals surface area contributed by atoms with Gasteiger partial charge in [0.2, 0.25) is 0 Å². The molecule has 0 spiro atoms. The van der Waals surface area contributed by atoms with Crippen molar-refractivity contribution >= 4 is 43.8 Å². The SMILES string of the molecule is C[As](C)C1CCN(C(=O)c2ccc(NC(=O)Nc3ccc(-c4nc5c(c(N6CCOCC6)n4)CNC5)cc3)cc2)CC1. The molecule has 3 N–H and O–H groups in total. The molecule has 220 valence electrons. The van der Waals surface area contributed by atoms with Crippen LogP contribution < -0.4 is 20.9 Å². The molecule has 3 amide bonds. The predicted molar refractivity (Wildman–Crippen MR) is 166 cm³/mol. The molecule has 11 heteroatoms. The number of fused-ring (bicyclic) bond motifs is 1. The fraction of sp³-hybridized carbons (Fsp3) is 0.419. The van der Waals surface area contributed by atoms with E-state index < -0.39 is 14.7 Å². The van der Waals surface area contributed by atoms with E-state index in [0.717, 1.165) is 73.9 Å². The van der Waals surface area contributed by atoms with Gasteiger partial charge in [0.25, 0.3) is 0 Å². The van der Waals surface area contributed by atoms with Crippen LogP contribution in [0.4, 0.5) is 22.0 Å². The van der Waals surface area contributed by atoms with Gasteiger partial charge in [-0.25, -0.2) is 9.97 Å². The van der Waals surface area contributed by atoms with Crippen LogP contribution in [0.1, 0.15) is 34.5 Å². The molecule has 3 aromatic rings. The zero-order valence-corrected chi connectivity index (χ0v) is 26.1. The molecule has 3 aliphatic heterocycles. The molecule has 10 nitrogen and oxygen atoms in total. The zero-order chi connectivity index (χ0) is 29.1. The van der Waals surface area contributed by atoms with E-state index in [2.05, 4.69) is 32.3 Å². The number of carbonyl (C=O) groups excluding carboxylic acids is 2. The average molecular weight is 632 g/mol. The van der Waals surface area contributed by atoms with Crippen LogP contribution in [0.2, 0.25) is 16.1 Å². The van der Waals surface area contributed by atoms with Crippen molar-refractivity contribution < 1.29 is 14.3 Å². The summed E-state index contributed by atoms with van der Waals surface area (Å²) in [5.41, 5.74) is 9.83.